The zero-order chi connectivity index (χ0) is 16.6. The molecule has 2 heterocycles. The largest absolute Gasteiger partial charge is 0.497 e. The van der Waals surface area contributed by atoms with Gasteiger partial charge < -0.3 is 24.4 Å². The number of amides is 1. The van der Waals surface area contributed by atoms with Crippen LogP contribution in [0, 0.1) is 5.92 Å². The predicted octanol–water partition coefficient (Wildman–Crippen LogP) is 1.00. The van der Waals surface area contributed by atoms with Crippen LogP contribution in [0.4, 0.5) is 0 Å². The van der Waals surface area contributed by atoms with E-state index in [1.807, 2.05) is 35.9 Å². The molecule has 0 aliphatic carbocycles. The van der Waals surface area contributed by atoms with Crippen LogP contribution in [-0.4, -0.2) is 58.5 Å². The molecule has 124 valence electrons. The third kappa shape index (κ3) is 2.80. The van der Waals surface area contributed by atoms with Crippen molar-refractivity contribution in [2.24, 2.45) is 13.0 Å². The molecule has 1 fully saturated rings. The number of likely N-dealkylation sites (tertiary alicyclic amines) is 1. The number of aliphatic hydroxyl groups excluding tert-OH is 2. The molecule has 1 aromatic heterocycles. The van der Waals surface area contributed by atoms with Gasteiger partial charge in [0.25, 0.3) is 5.91 Å². The summed E-state index contributed by atoms with van der Waals surface area (Å²) in [4.78, 5) is 14.4. The summed E-state index contributed by atoms with van der Waals surface area (Å²) in [6, 6.07) is 7.56. The normalized spacial score (nSPS) is 21.7. The molecule has 23 heavy (non-hydrogen) atoms. The lowest BCUT2D eigenvalue weighted by Crippen LogP contribution is -2.47. The van der Waals surface area contributed by atoms with Gasteiger partial charge in [-0.3, -0.25) is 4.79 Å². The predicted molar refractivity (Wildman–Crippen MR) is 86.6 cm³/mol. The van der Waals surface area contributed by atoms with Crippen LogP contribution in [0.2, 0.25) is 0 Å². The molecule has 2 atom stereocenters. The van der Waals surface area contributed by atoms with Crippen LogP contribution in [0.1, 0.15) is 16.9 Å². The molecule has 1 aromatic carbocycles. The molecular formula is C17H22N2O4. The molecule has 1 aliphatic heterocycles. The van der Waals surface area contributed by atoms with Gasteiger partial charge in [-0.05, 0) is 24.6 Å². The smallest absolute Gasteiger partial charge is 0.270 e. The Hall–Kier alpha value is -2.05. The van der Waals surface area contributed by atoms with E-state index in [1.54, 1.807) is 12.0 Å². The number of aromatic nitrogens is 1. The van der Waals surface area contributed by atoms with Crippen molar-refractivity contribution in [2.45, 2.75) is 12.5 Å². The van der Waals surface area contributed by atoms with E-state index >= 15 is 0 Å². The maximum atomic E-state index is 12.8. The zero-order valence-corrected chi connectivity index (χ0v) is 13.4. The summed E-state index contributed by atoms with van der Waals surface area (Å²) in [7, 11) is 3.47. The Balaban J connectivity index is 1.88. The number of aliphatic hydroxyl groups is 2. The fraction of sp³-hybridized carbons (Fsp3) is 0.471. The number of benzene rings is 1. The van der Waals surface area contributed by atoms with E-state index < -0.39 is 6.10 Å². The number of ether oxygens (including phenoxy) is 1. The van der Waals surface area contributed by atoms with Gasteiger partial charge in [-0.15, -0.1) is 0 Å². The molecule has 1 amide bonds. The van der Waals surface area contributed by atoms with Gasteiger partial charge >= 0.3 is 0 Å². The lowest BCUT2D eigenvalue weighted by molar-refractivity contribution is 0.000541. The van der Waals surface area contributed by atoms with Crippen LogP contribution in [0.15, 0.2) is 24.3 Å². The summed E-state index contributed by atoms with van der Waals surface area (Å²) >= 11 is 0. The van der Waals surface area contributed by atoms with Crippen LogP contribution >= 0.6 is 0 Å². The molecule has 3 rings (SSSR count). The number of nitrogens with zero attached hydrogens (tertiary/aromatic N) is 2. The van der Waals surface area contributed by atoms with Gasteiger partial charge in [-0.2, -0.15) is 0 Å². The molecule has 0 unspecified atom stereocenters. The Morgan fingerprint density at radius 3 is 2.83 bits per heavy atom. The lowest BCUT2D eigenvalue weighted by Gasteiger charge is -2.35. The second-order valence-corrected chi connectivity index (χ2v) is 6.06. The van der Waals surface area contributed by atoms with Gasteiger partial charge in [-0.25, -0.2) is 0 Å². The molecule has 0 radical (unpaired) electrons. The van der Waals surface area contributed by atoms with Gasteiger partial charge in [0.15, 0.2) is 0 Å². The van der Waals surface area contributed by atoms with Crippen LogP contribution in [0.5, 0.6) is 5.75 Å². The van der Waals surface area contributed by atoms with Crippen molar-refractivity contribution in [1.82, 2.24) is 9.47 Å². The maximum Gasteiger partial charge on any atom is 0.270 e. The number of β-amino-alcohol motifs (C(OH)–C–C–N with tert-alkyl or cyclic N) is 1. The number of carbonyl (C=O) groups excluding carboxylic acids is 1. The first-order chi connectivity index (χ1) is 11.0. The Kier molecular flexibility index (Phi) is 4.28. The fourth-order valence-electron chi connectivity index (χ4n) is 3.18. The minimum atomic E-state index is -0.674. The number of carbonyl (C=O) groups is 1. The standard InChI is InChI=1S/C17H22N2O4/c1-18-14-8-13(23-2)4-3-11(14)7-15(18)17(22)19-6-5-12(10-20)16(21)9-19/h3-4,7-8,12,16,20-21H,5-6,9-10H2,1-2H3/t12-,16-/m1/s1. The number of hydrogen-bond acceptors (Lipinski definition) is 4. The monoisotopic (exact) mass is 318 g/mol. The molecular weight excluding hydrogens is 296 g/mol. The number of piperidine rings is 1. The summed E-state index contributed by atoms with van der Waals surface area (Å²) in [5.74, 6) is 0.505. The second kappa shape index (κ2) is 6.22. The summed E-state index contributed by atoms with van der Waals surface area (Å²) < 4.78 is 7.09. The molecule has 2 N–H and O–H groups in total. The summed E-state index contributed by atoms with van der Waals surface area (Å²) in [6.07, 6.45) is -0.0614. The minimum absolute atomic E-state index is 0.0446. The Morgan fingerprint density at radius 1 is 1.39 bits per heavy atom. The van der Waals surface area contributed by atoms with Crippen LogP contribution in [-0.2, 0) is 7.05 Å². The van der Waals surface area contributed by atoms with E-state index in [0.29, 0.717) is 18.7 Å². The van der Waals surface area contributed by atoms with Gasteiger partial charge in [0.2, 0.25) is 0 Å². The Bertz CT molecular complexity index is 725. The minimum Gasteiger partial charge on any atom is -0.497 e. The van der Waals surface area contributed by atoms with E-state index in [0.717, 1.165) is 16.7 Å². The van der Waals surface area contributed by atoms with Crippen LogP contribution in [0.3, 0.4) is 0 Å². The first kappa shape index (κ1) is 15.8. The number of hydrogen-bond donors (Lipinski definition) is 2. The second-order valence-electron chi connectivity index (χ2n) is 6.06. The molecule has 6 heteroatoms. The average Bonchev–Trinajstić information content (AvgIpc) is 2.90. The summed E-state index contributed by atoms with van der Waals surface area (Å²) in [5, 5.41) is 20.2. The molecule has 2 aromatic rings. The molecule has 1 aliphatic rings. The zero-order valence-electron chi connectivity index (χ0n) is 13.4. The summed E-state index contributed by atoms with van der Waals surface area (Å²) in [5.41, 5.74) is 1.52. The average molecular weight is 318 g/mol. The van der Waals surface area contributed by atoms with E-state index in [-0.39, 0.29) is 25.0 Å². The van der Waals surface area contributed by atoms with E-state index in [1.165, 1.54) is 0 Å². The number of aryl methyl sites for hydroxylation is 1. The van der Waals surface area contributed by atoms with Crippen LogP contribution in [0.25, 0.3) is 10.9 Å². The van der Waals surface area contributed by atoms with Gasteiger partial charge in [0, 0.05) is 44.1 Å². The van der Waals surface area contributed by atoms with Crippen LogP contribution < -0.4 is 4.74 Å². The van der Waals surface area contributed by atoms with Gasteiger partial charge in [0.1, 0.15) is 11.4 Å². The molecule has 0 spiro atoms. The first-order valence-electron chi connectivity index (χ1n) is 7.76. The molecule has 0 saturated carbocycles. The number of rotatable bonds is 3. The van der Waals surface area contributed by atoms with Crippen molar-refractivity contribution in [3.63, 3.8) is 0 Å². The highest BCUT2D eigenvalue weighted by Crippen LogP contribution is 2.26. The third-order valence-corrected chi connectivity index (χ3v) is 4.71. The quantitative estimate of drug-likeness (QED) is 0.885. The van der Waals surface area contributed by atoms with E-state index in [2.05, 4.69) is 0 Å². The van der Waals surface area contributed by atoms with Gasteiger partial charge in [0.05, 0.1) is 18.7 Å². The van der Waals surface area contributed by atoms with Crippen molar-refractivity contribution in [1.29, 1.82) is 0 Å². The molecule has 1 saturated heterocycles. The van der Waals surface area contributed by atoms with E-state index in [9.17, 15) is 15.0 Å². The first-order valence-corrected chi connectivity index (χ1v) is 7.76. The Morgan fingerprint density at radius 2 is 2.17 bits per heavy atom. The van der Waals surface area contributed by atoms with Gasteiger partial charge in [-0.1, -0.05) is 0 Å². The fourth-order valence-corrected chi connectivity index (χ4v) is 3.18. The highest BCUT2D eigenvalue weighted by atomic mass is 16.5. The highest BCUT2D eigenvalue weighted by Gasteiger charge is 2.31. The van der Waals surface area contributed by atoms with Crippen molar-refractivity contribution >= 4 is 16.8 Å². The third-order valence-electron chi connectivity index (χ3n) is 4.71. The maximum absolute atomic E-state index is 12.8. The number of methoxy groups -OCH3 is 1. The molecule has 0 bridgehead atoms. The topological polar surface area (TPSA) is 74.9 Å². The highest BCUT2D eigenvalue weighted by molar-refractivity contribution is 5.99. The van der Waals surface area contributed by atoms with Crippen molar-refractivity contribution in [2.75, 3.05) is 26.8 Å². The van der Waals surface area contributed by atoms with E-state index in [4.69, 9.17) is 4.74 Å². The Labute approximate surface area is 134 Å². The van der Waals surface area contributed by atoms with Crippen molar-refractivity contribution < 1.29 is 19.7 Å². The van der Waals surface area contributed by atoms with Crippen molar-refractivity contribution in [3.05, 3.63) is 30.0 Å². The lowest BCUT2D eigenvalue weighted by atomic mass is 9.94. The van der Waals surface area contributed by atoms with Crippen molar-refractivity contribution in [3.8, 4) is 5.75 Å². The molecule has 6 nitrogen and oxygen atoms in total. The SMILES string of the molecule is COc1ccc2cc(C(=O)N3CC[C@H](CO)[C@H](O)C3)n(C)c2c1. The summed E-state index contributed by atoms with van der Waals surface area (Å²) in [6.45, 7) is 0.762. The number of fused-ring (bicyclic) bond motifs is 1.